The lowest BCUT2D eigenvalue weighted by atomic mass is 10.1. The molecule has 0 spiro atoms. The molecule has 1 aromatic carbocycles. The van der Waals surface area contributed by atoms with Crippen molar-refractivity contribution in [3.8, 4) is 5.75 Å². The summed E-state index contributed by atoms with van der Waals surface area (Å²) < 4.78 is 71.1. The third-order valence-corrected chi connectivity index (χ3v) is 6.99. The minimum atomic E-state index is -4.38. The molecular weight excluding hydrogens is 521 g/mol. The number of hydrogen-bond acceptors (Lipinski definition) is 11. The van der Waals surface area contributed by atoms with Crippen LogP contribution in [0.2, 0.25) is 0 Å². The maximum absolute atomic E-state index is 15.4. The smallest absolute Gasteiger partial charge is 0.459 e. The zero-order valence-corrected chi connectivity index (χ0v) is 20.3. The molecule has 0 saturated carbocycles. The first-order valence-electron chi connectivity index (χ1n) is 11.1. The number of nitrogens with zero attached hydrogens (tertiary/aromatic N) is 2. The highest BCUT2D eigenvalue weighted by atomic mass is 31.2. The summed E-state index contributed by atoms with van der Waals surface area (Å²) in [5.74, 6) is -4.64. The number of para-hydroxylation sites is 1. The summed E-state index contributed by atoms with van der Waals surface area (Å²) in [6.07, 6.45) is -6.50. The van der Waals surface area contributed by atoms with E-state index in [1.54, 1.807) is 18.2 Å². The lowest BCUT2D eigenvalue weighted by Gasteiger charge is -2.26. The van der Waals surface area contributed by atoms with Gasteiger partial charge in [-0.3, -0.25) is 13.9 Å². The van der Waals surface area contributed by atoms with E-state index in [1.807, 2.05) is 0 Å². The molecule has 4 N–H and O–H groups in total. The van der Waals surface area contributed by atoms with E-state index in [1.165, 1.54) is 12.1 Å². The van der Waals surface area contributed by atoms with Gasteiger partial charge in [-0.05, 0) is 25.1 Å². The van der Waals surface area contributed by atoms with Crippen molar-refractivity contribution in [3.63, 3.8) is 0 Å². The predicted molar refractivity (Wildman–Crippen MR) is 121 cm³/mol. The Balaban J connectivity index is 1.59. The van der Waals surface area contributed by atoms with Crippen LogP contribution < -0.4 is 21.0 Å². The average molecular weight is 546 g/mol. The predicted octanol–water partition coefficient (Wildman–Crippen LogP) is 1.19. The number of cyclic esters (lactones) is 1. The SMILES string of the molecule is CC(O)O[C@@H]1C(COP(=O)(N[C@H]2CCOC2=O)Oc2ccccc2)O[C@@H](n2ccc(N)nc2=O)C1(F)F. The number of ether oxygens (including phenoxy) is 3. The zero-order valence-electron chi connectivity index (χ0n) is 19.4. The number of halogens is 2. The van der Waals surface area contributed by atoms with Crippen molar-refractivity contribution >= 4 is 19.5 Å². The lowest BCUT2D eigenvalue weighted by Crippen LogP contribution is -2.45. The Labute approximate surface area is 209 Å². The number of aliphatic hydroxyl groups is 1. The number of esters is 1. The number of anilines is 1. The molecule has 2 aliphatic rings. The highest BCUT2D eigenvalue weighted by molar-refractivity contribution is 7.52. The zero-order chi connectivity index (χ0) is 26.8. The molecule has 3 heterocycles. The van der Waals surface area contributed by atoms with Gasteiger partial charge in [0.1, 0.15) is 23.7 Å². The van der Waals surface area contributed by atoms with Gasteiger partial charge in [0.25, 0.3) is 0 Å². The molecule has 2 aromatic rings. The lowest BCUT2D eigenvalue weighted by molar-refractivity contribution is -0.206. The fraction of sp³-hybridized carbons (Fsp3) is 0.476. The Hall–Kier alpha value is -2.94. The number of nitrogens with two attached hydrogens (primary N) is 1. The van der Waals surface area contributed by atoms with Crippen molar-refractivity contribution in [1.29, 1.82) is 0 Å². The number of alkyl halides is 2. The summed E-state index contributed by atoms with van der Waals surface area (Å²) in [6, 6.07) is 7.92. The van der Waals surface area contributed by atoms with E-state index in [2.05, 4.69) is 10.1 Å². The van der Waals surface area contributed by atoms with Gasteiger partial charge < -0.3 is 29.6 Å². The molecule has 2 aliphatic heterocycles. The fourth-order valence-electron chi connectivity index (χ4n) is 3.77. The number of carbonyl (C=O) groups is 1. The first-order chi connectivity index (χ1) is 17.5. The number of nitrogen functional groups attached to an aromatic ring is 1. The van der Waals surface area contributed by atoms with Crippen LogP contribution in [0.3, 0.4) is 0 Å². The maximum atomic E-state index is 15.4. The highest BCUT2D eigenvalue weighted by Crippen LogP contribution is 2.49. The molecule has 2 fully saturated rings. The second-order valence-corrected chi connectivity index (χ2v) is 9.93. The first-order valence-corrected chi connectivity index (χ1v) is 12.7. The monoisotopic (exact) mass is 546 g/mol. The summed E-state index contributed by atoms with van der Waals surface area (Å²) in [5.41, 5.74) is 4.32. The number of aliphatic hydroxyl groups excluding tert-OH is 1. The normalized spacial score (nSPS) is 27.4. The van der Waals surface area contributed by atoms with E-state index in [0.29, 0.717) is 4.57 Å². The van der Waals surface area contributed by atoms with Gasteiger partial charge in [0.05, 0.1) is 13.2 Å². The Bertz CT molecular complexity index is 1220. The number of nitrogens with one attached hydrogen (secondary N) is 1. The standard InChI is InChI=1S/C21H25F2N4O9P/c1-12(28)34-17-15(35-19(21(17,22)23)27-9-7-16(24)25-20(27)30)11-33-37(31,26-14-8-10-32-18(14)29)36-13-5-3-2-4-6-13/h2-7,9,12,14-15,17,19,28H,8,10-11H2,1H3,(H,26,31)(H2,24,25,30)/t12?,14-,15?,17+,19+,37?/m0/s1. The molecule has 0 bridgehead atoms. The summed E-state index contributed by atoms with van der Waals surface area (Å²) in [4.78, 5) is 27.6. The van der Waals surface area contributed by atoms with E-state index < -0.39 is 62.7 Å². The summed E-state index contributed by atoms with van der Waals surface area (Å²) >= 11 is 0. The van der Waals surface area contributed by atoms with Gasteiger partial charge in [-0.1, -0.05) is 18.2 Å². The number of rotatable bonds is 10. The maximum Gasteiger partial charge on any atom is 0.459 e. The van der Waals surface area contributed by atoms with Crippen LogP contribution in [0.5, 0.6) is 5.75 Å². The summed E-state index contributed by atoms with van der Waals surface area (Å²) in [5, 5.41) is 12.1. The van der Waals surface area contributed by atoms with Gasteiger partial charge in [0.2, 0.25) is 6.23 Å². The molecule has 0 amide bonds. The molecule has 3 unspecified atom stereocenters. The van der Waals surface area contributed by atoms with Crippen LogP contribution in [0, 0.1) is 0 Å². The van der Waals surface area contributed by atoms with Gasteiger partial charge in [-0.25, -0.2) is 9.36 Å². The van der Waals surface area contributed by atoms with Crippen molar-refractivity contribution in [1.82, 2.24) is 14.6 Å². The van der Waals surface area contributed by atoms with E-state index in [4.69, 9.17) is 29.0 Å². The van der Waals surface area contributed by atoms with Gasteiger partial charge in [-0.15, -0.1) is 0 Å². The molecule has 6 atom stereocenters. The third kappa shape index (κ3) is 6.14. The van der Waals surface area contributed by atoms with Gasteiger partial charge in [0, 0.05) is 12.6 Å². The van der Waals surface area contributed by atoms with Gasteiger partial charge >= 0.3 is 25.3 Å². The number of aromatic nitrogens is 2. The second kappa shape index (κ2) is 10.8. The van der Waals surface area contributed by atoms with Crippen LogP contribution in [0.4, 0.5) is 14.6 Å². The van der Waals surface area contributed by atoms with Crippen molar-refractivity contribution in [2.75, 3.05) is 18.9 Å². The van der Waals surface area contributed by atoms with Crippen molar-refractivity contribution in [2.45, 2.75) is 50.0 Å². The van der Waals surface area contributed by atoms with Crippen LogP contribution >= 0.6 is 7.75 Å². The Morgan fingerprint density at radius 2 is 2.05 bits per heavy atom. The van der Waals surface area contributed by atoms with Crippen LogP contribution in [0.1, 0.15) is 19.6 Å². The first kappa shape index (κ1) is 27.1. The van der Waals surface area contributed by atoms with Crippen molar-refractivity contribution in [2.24, 2.45) is 0 Å². The van der Waals surface area contributed by atoms with E-state index in [0.717, 1.165) is 19.2 Å². The Kier molecular flexibility index (Phi) is 7.92. The van der Waals surface area contributed by atoms with Crippen LogP contribution in [0.15, 0.2) is 47.4 Å². The number of carbonyl (C=O) groups excluding carboxylic acids is 1. The van der Waals surface area contributed by atoms with Gasteiger partial charge in [-0.2, -0.15) is 18.9 Å². The molecule has 16 heteroatoms. The Morgan fingerprint density at radius 3 is 2.68 bits per heavy atom. The number of benzene rings is 1. The molecular formula is C21H25F2N4O9P. The summed E-state index contributed by atoms with van der Waals surface area (Å²) in [7, 11) is -4.38. The molecule has 37 heavy (non-hydrogen) atoms. The summed E-state index contributed by atoms with van der Waals surface area (Å²) in [6.45, 7) is 0.380. The van der Waals surface area contributed by atoms with E-state index in [-0.39, 0.29) is 24.6 Å². The quantitative estimate of drug-likeness (QED) is 0.221. The minimum Gasteiger partial charge on any atom is -0.464 e. The second-order valence-electron chi connectivity index (χ2n) is 8.24. The van der Waals surface area contributed by atoms with Crippen molar-refractivity contribution in [3.05, 3.63) is 53.1 Å². The third-order valence-electron chi connectivity index (χ3n) is 5.42. The molecule has 2 saturated heterocycles. The van der Waals surface area contributed by atoms with Crippen LogP contribution in [-0.2, 0) is 28.1 Å². The molecule has 4 rings (SSSR count). The fourth-order valence-corrected chi connectivity index (χ4v) is 5.31. The molecule has 1 aromatic heterocycles. The number of hydrogen-bond donors (Lipinski definition) is 3. The van der Waals surface area contributed by atoms with Crippen molar-refractivity contribution < 1.29 is 46.5 Å². The topological polar surface area (TPSA) is 173 Å². The van der Waals surface area contributed by atoms with Crippen LogP contribution in [-0.4, -0.2) is 64.3 Å². The van der Waals surface area contributed by atoms with E-state index >= 15 is 8.78 Å². The highest BCUT2D eigenvalue weighted by Gasteiger charge is 2.62. The largest absolute Gasteiger partial charge is 0.464 e. The molecule has 0 aliphatic carbocycles. The molecule has 202 valence electrons. The van der Waals surface area contributed by atoms with E-state index in [9.17, 15) is 19.3 Å². The minimum absolute atomic E-state index is 0.0795. The average Bonchev–Trinajstić information content (AvgIpc) is 3.33. The molecule has 13 nitrogen and oxygen atoms in total. The van der Waals surface area contributed by atoms with Crippen LogP contribution in [0.25, 0.3) is 0 Å². The molecule has 0 radical (unpaired) electrons. The Morgan fingerprint density at radius 1 is 1.32 bits per heavy atom. The van der Waals surface area contributed by atoms with Gasteiger partial charge in [0.15, 0.2) is 12.4 Å².